The number of hydrogen-bond acceptors (Lipinski definition) is 4. The molecule has 1 N–H and O–H groups in total. The molecule has 1 saturated heterocycles. The van der Waals surface area contributed by atoms with Crippen LogP contribution >= 0.6 is 11.8 Å². The molecule has 0 aromatic carbocycles. The normalized spacial score (nSPS) is 21.3. The summed E-state index contributed by atoms with van der Waals surface area (Å²) in [5.41, 5.74) is 1.26. The lowest BCUT2D eigenvalue weighted by Gasteiger charge is -2.29. The van der Waals surface area contributed by atoms with Crippen molar-refractivity contribution in [2.45, 2.75) is 38.6 Å². The van der Waals surface area contributed by atoms with E-state index in [-0.39, 0.29) is 0 Å². The molecule has 0 bridgehead atoms. The van der Waals surface area contributed by atoms with Crippen LogP contribution in [-0.4, -0.2) is 35.5 Å². The highest BCUT2D eigenvalue weighted by Crippen LogP contribution is 2.20. The van der Waals surface area contributed by atoms with E-state index >= 15 is 0 Å². The maximum Gasteiger partial charge on any atom is 0.118 e. The zero-order valence-corrected chi connectivity index (χ0v) is 12.3. The van der Waals surface area contributed by atoms with Crippen molar-refractivity contribution < 1.29 is 4.42 Å². The van der Waals surface area contributed by atoms with Crippen molar-refractivity contribution in [3.05, 3.63) is 23.7 Å². The van der Waals surface area contributed by atoms with Gasteiger partial charge in [0, 0.05) is 36.2 Å². The van der Waals surface area contributed by atoms with Gasteiger partial charge in [-0.15, -0.1) is 0 Å². The first-order valence-electron chi connectivity index (χ1n) is 6.89. The fourth-order valence-corrected chi connectivity index (χ4v) is 3.35. The Hall–Kier alpha value is -0.450. The first kappa shape index (κ1) is 14.0. The van der Waals surface area contributed by atoms with Crippen molar-refractivity contribution in [1.82, 2.24) is 10.2 Å². The fourth-order valence-electron chi connectivity index (χ4n) is 2.27. The zero-order valence-electron chi connectivity index (χ0n) is 11.4. The molecule has 102 valence electrons. The second kappa shape index (κ2) is 7.22. The van der Waals surface area contributed by atoms with Gasteiger partial charge in [0.1, 0.15) is 5.76 Å². The quantitative estimate of drug-likeness (QED) is 0.803. The molecule has 0 amide bonds. The Labute approximate surface area is 114 Å². The fraction of sp³-hybridized carbons (Fsp3) is 0.714. The zero-order chi connectivity index (χ0) is 12.8. The van der Waals surface area contributed by atoms with Crippen molar-refractivity contribution in [3.63, 3.8) is 0 Å². The molecule has 0 radical (unpaired) electrons. The van der Waals surface area contributed by atoms with Gasteiger partial charge in [-0.3, -0.25) is 4.90 Å². The molecule has 1 unspecified atom stereocenters. The number of thioether (sulfide) groups is 1. The van der Waals surface area contributed by atoms with Crippen molar-refractivity contribution in [2.24, 2.45) is 0 Å². The van der Waals surface area contributed by atoms with Gasteiger partial charge in [-0.05, 0) is 19.0 Å². The lowest BCUT2D eigenvalue weighted by Crippen LogP contribution is -2.35. The topological polar surface area (TPSA) is 28.4 Å². The van der Waals surface area contributed by atoms with Gasteiger partial charge in [-0.25, -0.2) is 0 Å². The van der Waals surface area contributed by atoms with E-state index < -0.39 is 0 Å². The molecular weight excluding hydrogens is 244 g/mol. The number of nitrogens with zero attached hydrogens (tertiary/aromatic N) is 1. The molecule has 1 aliphatic rings. The molecule has 2 rings (SSSR count). The standard InChI is InChI=1S/C14H24N2OS/c1-3-4-15-8-13-7-14(17-11-13)10-16-5-6-18-12(2)9-16/h7,11-12,15H,3-6,8-10H2,1-2H3. The van der Waals surface area contributed by atoms with Crippen molar-refractivity contribution >= 4 is 11.8 Å². The Kier molecular flexibility index (Phi) is 5.60. The van der Waals surface area contributed by atoms with Crippen molar-refractivity contribution in [2.75, 3.05) is 25.4 Å². The third kappa shape index (κ3) is 4.34. The van der Waals surface area contributed by atoms with Gasteiger partial charge >= 0.3 is 0 Å². The number of rotatable bonds is 6. The van der Waals surface area contributed by atoms with Crippen LogP contribution in [0.1, 0.15) is 31.6 Å². The Morgan fingerprint density at radius 2 is 2.44 bits per heavy atom. The van der Waals surface area contributed by atoms with Gasteiger partial charge in [0.05, 0.1) is 12.8 Å². The molecular formula is C14H24N2OS. The first-order valence-corrected chi connectivity index (χ1v) is 7.93. The summed E-state index contributed by atoms with van der Waals surface area (Å²) in [5, 5.41) is 4.15. The van der Waals surface area contributed by atoms with E-state index in [1.165, 1.54) is 30.8 Å². The highest BCUT2D eigenvalue weighted by Gasteiger charge is 2.17. The minimum Gasteiger partial charge on any atom is -0.468 e. The predicted octanol–water partition coefficient (Wildman–Crippen LogP) is 2.72. The lowest BCUT2D eigenvalue weighted by molar-refractivity contribution is 0.254. The van der Waals surface area contributed by atoms with Crippen LogP contribution in [0.4, 0.5) is 0 Å². The second-order valence-electron chi connectivity index (χ2n) is 5.01. The molecule has 1 aromatic rings. The Balaban J connectivity index is 1.78. The predicted molar refractivity (Wildman–Crippen MR) is 77.9 cm³/mol. The Morgan fingerprint density at radius 3 is 3.22 bits per heavy atom. The minimum atomic E-state index is 0.749. The third-order valence-corrected chi connectivity index (χ3v) is 4.30. The van der Waals surface area contributed by atoms with E-state index in [1.807, 2.05) is 6.26 Å². The first-order chi connectivity index (χ1) is 8.78. The molecule has 0 spiro atoms. The molecule has 2 heterocycles. The summed E-state index contributed by atoms with van der Waals surface area (Å²) in [6.45, 7) is 9.79. The average Bonchev–Trinajstić information content (AvgIpc) is 2.77. The number of furan rings is 1. The van der Waals surface area contributed by atoms with E-state index in [9.17, 15) is 0 Å². The van der Waals surface area contributed by atoms with Crippen LogP contribution in [0.3, 0.4) is 0 Å². The van der Waals surface area contributed by atoms with Crippen LogP contribution in [0.5, 0.6) is 0 Å². The molecule has 3 nitrogen and oxygen atoms in total. The molecule has 18 heavy (non-hydrogen) atoms. The Bertz CT molecular complexity index is 353. The van der Waals surface area contributed by atoms with E-state index in [4.69, 9.17) is 4.42 Å². The molecule has 1 aliphatic heterocycles. The van der Waals surface area contributed by atoms with E-state index in [0.717, 1.165) is 30.6 Å². The highest BCUT2D eigenvalue weighted by molar-refractivity contribution is 7.99. The summed E-state index contributed by atoms with van der Waals surface area (Å²) in [5.74, 6) is 2.34. The number of nitrogens with one attached hydrogen (secondary N) is 1. The monoisotopic (exact) mass is 268 g/mol. The van der Waals surface area contributed by atoms with Crippen molar-refractivity contribution in [1.29, 1.82) is 0 Å². The van der Waals surface area contributed by atoms with Crippen LogP contribution in [0.25, 0.3) is 0 Å². The van der Waals surface area contributed by atoms with Crippen molar-refractivity contribution in [3.8, 4) is 0 Å². The summed E-state index contributed by atoms with van der Waals surface area (Å²) in [6.07, 6.45) is 3.06. The van der Waals surface area contributed by atoms with Crippen LogP contribution < -0.4 is 5.32 Å². The van der Waals surface area contributed by atoms with Gasteiger partial charge in [0.2, 0.25) is 0 Å². The number of hydrogen-bond donors (Lipinski definition) is 1. The van der Waals surface area contributed by atoms with Gasteiger partial charge in [0.25, 0.3) is 0 Å². The lowest BCUT2D eigenvalue weighted by atomic mass is 10.3. The van der Waals surface area contributed by atoms with Gasteiger partial charge in [0.15, 0.2) is 0 Å². The average molecular weight is 268 g/mol. The second-order valence-corrected chi connectivity index (χ2v) is 6.56. The van der Waals surface area contributed by atoms with Crippen LogP contribution in [0.15, 0.2) is 16.7 Å². The summed E-state index contributed by atoms with van der Waals surface area (Å²) >= 11 is 2.07. The molecule has 1 atom stereocenters. The summed E-state index contributed by atoms with van der Waals surface area (Å²) < 4.78 is 5.64. The molecule has 4 heteroatoms. The SMILES string of the molecule is CCCNCc1coc(CN2CCSC(C)C2)c1. The minimum absolute atomic E-state index is 0.749. The summed E-state index contributed by atoms with van der Waals surface area (Å²) in [6, 6.07) is 2.19. The molecule has 1 fully saturated rings. The summed E-state index contributed by atoms with van der Waals surface area (Å²) in [4.78, 5) is 2.49. The van der Waals surface area contributed by atoms with Crippen LogP contribution in [0.2, 0.25) is 0 Å². The Morgan fingerprint density at radius 1 is 1.56 bits per heavy atom. The maximum absolute atomic E-state index is 5.64. The van der Waals surface area contributed by atoms with Gasteiger partial charge in [-0.2, -0.15) is 11.8 Å². The molecule has 1 aromatic heterocycles. The van der Waals surface area contributed by atoms with E-state index in [2.05, 4.69) is 41.9 Å². The highest BCUT2D eigenvalue weighted by atomic mass is 32.2. The van der Waals surface area contributed by atoms with E-state index in [1.54, 1.807) is 0 Å². The van der Waals surface area contributed by atoms with Gasteiger partial charge < -0.3 is 9.73 Å². The van der Waals surface area contributed by atoms with Gasteiger partial charge in [-0.1, -0.05) is 13.8 Å². The maximum atomic E-state index is 5.64. The summed E-state index contributed by atoms with van der Waals surface area (Å²) in [7, 11) is 0. The van der Waals surface area contributed by atoms with Crippen LogP contribution in [0, 0.1) is 0 Å². The molecule has 0 saturated carbocycles. The molecule has 0 aliphatic carbocycles. The van der Waals surface area contributed by atoms with E-state index in [0.29, 0.717) is 0 Å². The smallest absolute Gasteiger partial charge is 0.118 e. The van der Waals surface area contributed by atoms with Crippen LogP contribution in [-0.2, 0) is 13.1 Å². The third-order valence-electron chi connectivity index (χ3n) is 3.17. The largest absolute Gasteiger partial charge is 0.468 e.